The second-order valence-electron chi connectivity index (χ2n) is 3.08. The molecule has 0 saturated heterocycles. The molecular weight excluding hydrogens is 220 g/mol. The van der Waals surface area contributed by atoms with E-state index in [1.54, 1.807) is 11.8 Å². The maximum absolute atomic E-state index is 5.40. The van der Waals surface area contributed by atoms with Crippen LogP contribution in [-0.4, -0.2) is 16.0 Å². The van der Waals surface area contributed by atoms with Gasteiger partial charge in [0.05, 0.1) is 0 Å². The average molecular weight is 232 g/mol. The largest absolute Gasteiger partial charge is 0.412 e. The van der Waals surface area contributed by atoms with Crippen molar-refractivity contribution in [3.8, 4) is 0 Å². The van der Waals surface area contributed by atoms with Crippen LogP contribution in [0.15, 0.2) is 40.0 Å². The van der Waals surface area contributed by atoms with Crippen molar-refractivity contribution in [1.29, 1.82) is 0 Å². The molecule has 16 heavy (non-hydrogen) atoms. The van der Waals surface area contributed by atoms with Crippen molar-refractivity contribution in [3.05, 3.63) is 41.8 Å². The van der Waals surface area contributed by atoms with E-state index in [9.17, 15) is 0 Å². The Bertz CT molecular complexity index is 465. The lowest BCUT2D eigenvalue weighted by molar-refractivity contribution is 0.446. The highest BCUT2D eigenvalue weighted by atomic mass is 32.2. The Hall–Kier alpha value is -1.55. The summed E-state index contributed by atoms with van der Waals surface area (Å²) in [6.07, 6.45) is 3.77. The molecule has 0 saturated carbocycles. The van der Waals surface area contributed by atoms with Gasteiger partial charge in [-0.1, -0.05) is 49.0 Å². The zero-order chi connectivity index (χ0) is 11.2. The monoisotopic (exact) mass is 232 g/mol. The van der Waals surface area contributed by atoms with Gasteiger partial charge in [-0.2, -0.15) is 0 Å². The van der Waals surface area contributed by atoms with Crippen LogP contribution in [0, 0.1) is 0 Å². The molecule has 0 radical (unpaired) electrons. The molecule has 0 amide bonds. The summed E-state index contributed by atoms with van der Waals surface area (Å²) >= 11 is 1.54. The van der Waals surface area contributed by atoms with Crippen LogP contribution in [0.5, 0.6) is 0 Å². The summed E-state index contributed by atoms with van der Waals surface area (Å²) in [5, 5.41) is 8.46. The minimum absolute atomic E-state index is 0.541. The third kappa shape index (κ3) is 2.97. The van der Waals surface area contributed by atoms with Crippen molar-refractivity contribution < 1.29 is 4.42 Å². The fourth-order valence-electron chi connectivity index (χ4n) is 1.20. The van der Waals surface area contributed by atoms with E-state index in [1.807, 2.05) is 49.4 Å². The Morgan fingerprint density at radius 3 is 2.75 bits per heavy atom. The van der Waals surface area contributed by atoms with Crippen molar-refractivity contribution in [2.24, 2.45) is 0 Å². The van der Waals surface area contributed by atoms with E-state index in [4.69, 9.17) is 4.42 Å². The first-order valence-corrected chi connectivity index (χ1v) is 6.06. The summed E-state index contributed by atoms with van der Waals surface area (Å²) in [5.41, 5.74) is 1.12. The third-order valence-electron chi connectivity index (χ3n) is 1.91. The molecule has 82 valence electrons. The molecule has 0 N–H and O–H groups in total. The Balaban J connectivity index is 2.06. The lowest BCUT2D eigenvalue weighted by atomic mass is 10.2. The summed E-state index contributed by atoms with van der Waals surface area (Å²) in [5.74, 6) is 1.48. The van der Waals surface area contributed by atoms with Gasteiger partial charge in [-0.15, -0.1) is 10.2 Å². The van der Waals surface area contributed by atoms with E-state index in [-0.39, 0.29) is 0 Å². The highest BCUT2D eigenvalue weighted by Gasteiger charge is 2.01. The zero-order valence-electron chi connectivity index (χ0n) is 8.96. The highest BCUT2D eigenvalue weighted by molar-refractivity contribution is 7.99. The normalized spacial score (nSPS) is 11.1. The number of aromatic nitrogens is 2. The number of thioether (sulfide) groups is 1. The van der Waals surface area contributed by atoms with Crippen molar-refractivity contribution >= 4 is 23.9 Å². The molecule has 4 heteroatoms. The van der Waals surface area contributed by atoms with Crippen LogP contribution in [-0.2, 0) is 0 Å². The Morgan fingerprint density at radius 2 is 2.00 bits per heavy atom. The minimum atomic E-state index is 0.541. The predicted octanol–water partition coefficient (Wildman–Crippen LogP) is 3.35. The first kappa shape index (κ1) is 11.0. The Kier molecular flexibility index (Phi) is 3.77. The van der Waals surface area contributed by atoms with Crippen LogP contribution in [0.2, 0.25) is 0 Å². The van der Waals surface area contributed by atoms with Gasteiger partial charge in [0.1, 0.15) is 0 Å². The SMILES string of the molecule is CCSc1nnc(C=Cc2ccccc2)o1. The van der Waals surface area contributed by atoms with Gasteiger partial charge >= 0.3 is 0 Å². The minimum Gasteiger partial charge on any atom is -0.412 e. The molecule has 1 aromatic carbocycles. The molecule has 2 aromatic rings. The summed E-state index contributed by atoms with van der Waals surface area (Å²) in [4.78, 5) is 0. The molecular formula is C12H12N2OS. The topological polar surface area (TPSA) is 38.9 Å². The zero-order valence-corrected chi connectivity index (χ0v) is 9.78. The molecule has 1 aromatic heterocycles. The molecule has 0 bridgehead atoms. The third-order valence-corrected chi connectivity index (χ3v) is 2.61. The predicted molar refractivity (Wildman–Crippen MR) is 66.1 cm³/mol. The van der Waals surface area contributed by atoms with Gasteiger partial charge < -0.3 is 4.42 Å². The molecule has 1 heterocycles. The highest BCUT2D eigenvalue weighted by Crippen LogP contribution is 2.16. The van der Waals surface area contributed by atoms with Crippen LogP contribution in [0.3, 0.4) is 0 Å². The van der Waals surface area contributed by atoms with Gasteiger partial charge in [-0.3, -0.25) is 0 Å². The van der Waals surface area contributed by atoms with Crippen LogP contribution >= 0.6 is 11.8 Å². The van der Waals surface area contributed by atoms with Crippen LogP contribution in [0.4, 0.5) is 0 Å². The van der Waals surface area contributed by atoms with Crippen molar-refractivity contribution in [2.45, 2.75) is 12.1 Å². The molecule has 0 aliphatic rings. The van der Waals surface area contributed by atoms with Gasteiger partial charge in [0.25, 0.3) is 5.22 Å². The van der Waals surface area contributed by atoms with E-state index < -0.39 is 0 Å². The number of rotatable bonds is 4. The molecule has 2 rings (SSSR count). The number of hydrogen-bond donors (Lipinski definition) is 0. The second kappa shape index (κ2) is 5.51. The maximum Gasteiger partial charge on any atom is 0.276 e. The van der Waals surface area contributed by atoms with E-state index >= 15 is 0 Å². The molecule has 0 spiro atoms. The van der Waals surface area contributed by atoms with Gasteiger partial charge in [-0.25, -0.2) is 0 Å². The van der Waals surface area contributed by atoms with Gasteiger partial charge in [-0.05, 0) is 17.4 Å². The molecule has 0 atom stereocenters. The fraction of sp³-hybridized carbons (Fsp3) is 0.167. The van der Waals surface area contributed by atoms with Crippen molar-refractivity contribution in [1.82, 2.24) is 10.2 Å². The molecule has 3 nitrogen and oxygen atoms in total. The Labute approximate surface area is 98.6 Å². The summed E-state index contributed by atoms with van der Waals surface area (Å²) < 4.78 is 5.40. The summed E-state index contributed by atoms with van der Waals surface area (Å²) in [6, 6.07) is 10.0. The molecule has 0 unspecified atom stereocenters. The van der Waals surface area contributed by atoms with Crippen LogP contribution < -0.4 is 0 Å². The average Bonchev–Trinajstić information content (AvgIpc) is 2.76. The fourth-order valence-corrected chi connectivity index (χ4v) is 1.69. The van der Waals surface area contributed by atoms with E-state index in [1.165, 1.54) is 0 Å². The lowest BCUT2D eigenvalue weighted by Gasteiger charge is -1.89. The lowest BCUT2D eigenvalue weighted by Crippen LogP contribution is -1.72. The number of benzene rings is 1. The second-order valence-corrected chi connectivity index (χ2v) is 4.30. The molecule has 0 fully saturated rings. The van der Waals surface area contributed by atoms with E-state index in [0.717, 1.165) is 11.3 Å². The van der Waals surface area contributed by atoms with Gasteiger partial charge in [0, 0.05) is 6.08 Å². The molecule has 0 aliphatic heterocycles. The first-order valence-electron chi connectivity index (χ1n) is 5.08. The Morgan fingerprint density at radius 1 is 1.19 bits per heavy atom. The number of nitrogens with zero attached hydrogens (tertiary/aromatic N) is 2. The van der Waals surface area contributed by atoms with Crippen molar-refractivity contribution in [2.75, 3.05) is 5.75 Å². The quantitative estimate of drug-likeness (QED) is 0.758. The van der Waals surface area contributed by atoms with Gasteiger partial charge in [0.2, 0.25) is 5.89 Å². The number of hydrogen-bond acceptors (Lipinski definition) is 4. The standard InChI is InChI=1S/C12H12N2OS/c1-2-16-12-14-13-11(15-12)9-8-10-6-4-3-5-7-10/h3-9H,2H2,1H3. The van der Waals surface area contributed by atoms with Crippen LogP contribution in [0.25, 0.3) is 12.2 Å². The smallest absolute Gasteiger partial charge is 0.276 e. The van der Waals surface area contributed by atoms with Crippen LogP contribution in [0.1, 0.15) is 18.4 Å². The van der Waals surface area contributed by atoms with E-state index in [0.29, 0.717) is 11.1 Å². The van der Waals surface area contributed by atoms with E-state index in [2.05, 4.69) is 10.2 Å². The summed E-state index contributed by atoms with van der Waals surface area (Å²) in [7, 11) is 0. The van der Waals surface area contributed by atoms with Crippen molar-refractivity contribution in [3.63, 3.8) is 0 Å². The first-order chi connectivity index (χ1) is 7.88. The van der Waals surface area contributed by atoms with Gasteiger partial charge in [0.15, 0.2) is 0 Å². The maximum atomic E-state index is 5.40. The summed E-state index contributed by atoms with van der Waals surface area (Å²) in [6.45, 7) is 2.05. The molecule has 0 aliphatic carbocycles.